The fraction of sp³-hybridized carbons (Fsp3) is 0.125. The number of nitrogens with zero attached hydrogens (tertiary/aromatic N) is 4. The van der Waals surface area contributed by atoms with Crippen LogP contribution in [-0.4, -0.2) is 26.1 Å². The van der Waals surface area contributed by atoms with Crippen molar-refractivity contribution in [2.75, 3.05) is 5.32 Å². The summed E-state index contributed by atoms with van der Waals surface area (Å²) in [4.78, 5) is 13.5. The molecule has 1 heterocycles. The first kappa shape index (κ1) is 16.3. The Morgan fingerprint density at radius 3 is 2.71 bits per heavy atom. The summed E-state index contributed by atoms with van der Waals surface area (Å²) in [7, 11) is 0. The Morgan fingerprint density at radius 1 is 1.25 bits per heavy atom. The number of carbonyl (C=O) groups is 1. The zero-order valence-corrected chi connectivity index (χ0v) is 14.2. The van der Waals surface area contributed by atoms with Gasteiger partial charge >= 0.3 is 0 Å². The smallest absolute Gasteiger partial charge is 0.250 e. The van der Waals surface area contributed by atoms with E-state index in [1.54, 1.807) is 31.2 Å². The number of benzene rings is 2. The standard InChI is InChI=1S/C16H13BrFN5O/c1-10(16(24)19-14-7-5-12(17)6-8-14)23-21-15(20-22-23)11-3-2-4-13(18)9-11/h2-10H,1H3,(H,19,24)/t10-/m0/s1. The molecule has 0 bridgehead atoms. The molecule has 6 nitrogen and oxygen atoms in total. The van der Waals surface area contributed by atoms with Crippen molar-refractivity contribution in [2.45, 2.75) is 13.0 Å². The van der Waals surface area contributed by atoms with Crippen molar-refractivity contribution in [3.8, 4) is 11.4 Å². The molecule has 0 aliphatic heterocycles. The lowest BCUT2D eigenvalue weighted by molar-refractivity contribution is -0.119. The van der Waals surface area contributed by atoms with Crippen molar-refractivity contribution in [3.05, 3.63) is 58.8 Å². The maximum absolute atomic E-state index is 13.3. The largest absolute Gasteiger partial charge is 0.324 e. The molecule has 0 aliphatic rings. The van der Waals surface area contributed by atoms with Crippen LogP contribution in [0.2, 0.25) is 0 Å². The molecular formula is C16H13BrFN5O. The number of tetrazole rings is 1. The highest BCUT2D eigenvalue weighted by Crippen LogP contribution is 2.17. The van der Waals surface area contributed by atoms with Crippen molar-refractivity contribution in [3.63, 3.8) is 0 Å². The van der Waals surface area contributed by atoms with Gasteiger partial charge in [0.1, 0.15) is 11.9 Å². The highest BCUT2D eigenvalue weighted by molar-refractivity contribution is 9.10. The first-order valence-electron chi connectivity index (χ1n) is 7.15. The van der Waals surface area contributed by atoms with Gasteiger partial charge in [-0.3, -0.25) is 4.79 Å². The average molecular weight is 390 g/mol. The molecule has 1 N–H and O–H groups in total. The van der Waals surface area contributed by atoms with E-state index in [1.807, 2.05) is 12.1 Å². The Hall–Kier alpha value is -2.61. The summed E-state index contributed by atoms with van der Waals surface area (Å²) in [6, 6.07) is 12.4. The second kappa shape index (κ2) is 6.88. The molecule has 24 heavy (non-hydrogen) atoms. The van der Waals surface area contributed by atoms with Crippen LogP contribution in [0.15, 0.2) is 53.0 Å². The maximum Gasteiger partial charge on any atom is 0.250 e. The summed E-state index contributed by atoms with van der Waals surface area (Å²) < 4.78 is 14.2. The molecule has 2 aromatic carbocycles. The first-order chi connectivity index (χ1) is 11.5. The Kier molecular flexibility index (Phi) is 4.66. The van der Waals surface area contributed by atoms with Gasteiger partial charge in [0, 0.05) is 15.7 Å². The van der Waals surface area contributed by atoms with Crippen LogP contribution in [0.3, 0.4) is 0 Å². The van der Waals surface area contributed by atoms with Crippen LogP contribution in [-0.2, 0) is 4.79 Å². The maximum atomic E-state index is 13.3. The molecule has 0 spiro atoms. The van der Waals surface area contributed by atoms with Crippen molar-refractivity contribution < 1.29 is 9.18 Å². The number of hydrogen-bond donors (Lipinski definition) is 1. The van der Waals surface area contributed by atoms with Gasteiger partial charge in [-0.05, 0) is 48.5 Å². The normalized spacial score (nSPS) is 12.0. The lowest BCUT2D eigenvalue weighted by atomic mass is 10.2. The predicted molar refractivity (Wildman–Crippen MR) is 90.7 cm³/mol. The Morgan fingerprint density at radius 2 is 2.00 bits per heavy atom. The van der Waals surface area contributed by atoms with Crippen molar-refractivity contribution >= 4 is 27.5 Å². The summed E-state index contributed by atoms with van der Waals surface area (Å²) in [6.07, 6.45) is 0. The number of anilines is 1. The molecule has 0 saturated heterocycles. The van der Waals surface area contributed by atoms with Crippen molar-refractivity contribution in [1.82, 2.24) is 20.2 Å². The summed E-state index contributed by atoms with van der Waals surface area (Å²) >= 11 is 3.34. The number of nitrogens with one attached hydrogen (secondary N) is 1. The monoisotopic (exact) mass is 389 g/mol. The summed E-state index contributed by atoms with van der Waals surface area (Å²) in [6.45, 7) is 1.66. The van der Waals surface area contributed by atoms with Gasteiger partial charge in [-0.1, -0.05) is 28.1 Å². The minimum absolute atomic E-state index is 0.262. The molecule has 0 aliphatic carbocycles. The second-order valence-electron chi connectivity index (χ2n) is 5.12. The summed E-state index contributed by atoms with van der Waals surface area (Å²) in [5, 5.41) is 14.7. The van der Waals surface area contributed by atoms with Crippen LogP contribution < -0.4 is 5.32 Å². The Balaban J connectivity index is 1.74. The number of carbonyl (C=O) groups excluding carboxylic acids is 1. The van der Waals surface area contributed by atoms with E-state index in [0.717, 1.165) is 4.47 Å². The Bertz CT molecular complexity index is 865. The molecule has 0 fully saturated rings. The topological polar surface area (TPSA) is 72.7 Å². The van der Waals surface area contributed by atoms with Gasteiger partial charge in [0.15, 0.2) is 0 Å². The van der Waals surface area contributed by atoms with Gasteiger partial charge < -0.3 is 5.32 Å². The van der Waals surface area contributed by atoms with Gasteiger partial charge in [-0.25, -0.2) is 4.39 Å². The van der Waals surface area contributed by atoms with Gasteiger partial charge in [-0.15, -0.1) is 10.2 Å². The van der Waals surface area contributed by atoms with Gasteiger partial charge in [0.05, 0.1) is 0 Å². The molecule has 8 heteroatoms. The molecule has 122 valence electrons. The van der Waals surface area contributed by atoms with E-state index >= 15 is 0 Å². The van der Waals surface area contributed by atoms with E-state index in [0.29, 0.717) is 11.3 Å². The van der Waals surface area contributed by atoms with Gasteiger partial charge in [0.2, 0.25) is 5.82 Å². The third-order valence-corrected chi connectivity index (χ3v) is 3.88. The first-order valence-corrected chi connectivity index (χ1v) is 7.94. The van der Waals surface area contributed by atoms with E-state index in [-0.39, 0.29) is 17.5 Å². The molecule has 0 unspecified atom stereocenters. The van der Waals surface area contributed by atoms with Crippen molar-refractivity contribution in [1.29, 1.82) is 0 Å². The van der Waals surface area contributed by atoms with Crippen LogP contribution in [0.5, 0.6) is 0 Å². The minimum Gasteiger partial charge on any atom is -0.324 e. The molecular weight excluding hydrogens is 377 g/mol. The van der Waals surface area contributed by atoms with Crippen LogP contribution in [0.25, 0.3) is 11.4 Å². The molecule has 0 radical (unpaired) electrons. The van der Waals surface area contributed by atoms with Crippen LogP contribution in [0, 0.1) is 5.82 Å². The fourth-order valence-corrected chi connectivity index (χ4v) is 2.28. The summed E-state index contributed by atoms with van der Waals surface area (Å²) in [5.74, 6) is -0.400. The molecule has 3 rings (SSSR count). The summed E-state index contributed by atoms with van der Waals surface area (Å²) in [5.41, 5.74) is 1.17. The van der Waals surface area contributed by atoms with Crippen LogP contribution in [0.4, 0.5) is 10.1 Å². The second-order valence-corrected chi connectivity index (χ2v) is 6.03. The molecule has 3 aromatic rings. The van der Waals surface area contributed by atoms with E-state index in [1.165, 1.54) is 16.9 Å². The van der Waals surface area contributed by atoms with Gasteiger partial charge in [0.25, 0.3) is 5.91 Å². The zero-order valence-electron chi connectivity index (χ0n) is 12.6. The molecule has 0 saturated carbocycles. The number of amides is 1. The van der Waals surface area contributed by atoms with Crippen molar-refractivity contribution in [2.24, 2.45) is 0 Å². The molecule has 1 atom stereocenters. The fourth-order valence-electron chi connectivity index (χ4n) is 2.02. The SMILES string of the molecule is C[C@@H](C(=O)Nc1ccc(Br)cc1)n1nnc(-c2cccc(F)c2)n1. The predicted octanol–water partition coefficient (Wildman–Crippen LogP) is 3.44. The molecule has 1 amide bonds. The highest BCUT2D eigenvalue weighted by atomic mass is 79.9. The average Bonchev–Trinajstić information content (AvgIpc) is 3.06. The quantitative estimate of drug-likeness (QED) is 0.741. The van der Waals surface area contributed by atoms with E-state index in [4.69, 9.17) is 0 Å². The van der Waals surface area contributed by atoms with Crippen LogP contribution >= 0.6 is 15.9 Å². The third kappa shape index (κ3) is 3.65. The van der Waals surface area contributed by atoms with E-state index in [2.05, 4.69) is 36.7 Å². The number of aromatic nitrogens is 4. The molecule has 1 aromatic heterocycles. The Labute approximate surface area is 145 Å². The number of halogens is 2. The lowest BCUT2D eigenvalue weighted by Gasteiger charge is -2.10. The van der Waals surface area contributed by atoms with E-state index in [9.17, 15) is 9.18 Å². The van der Waals surface area contributed by atoms with Crippen LogP contribution in [0.1, 0.15) is 13.0 Å². The zero-order chi connectivity index (χ0) is 17.1. The lowest BCUT2D eigenvalue weighted by Crippen LogP contribution is -2.25. The third-order valence-electron chi connectivity index (χ3n) is 3.35. The minimum atomic E-state index is -0.663. The number of rotatable bonds is 4. The van der Waals surface area contributed by atoms with Gasteiger partial charge in [-0.2, -0.15) is 4.80 Å². The van der Waals surface area contributed by atoms with E-state index < -0.39 is 6.04 Å². The highest BCUT2D eigenvalue weighted by Gasteiger charge is 2.19. The number of hydrogen-bond acceptors (Lipinski definition) is 4.